The predicted molar refractivity (Wildman–Crippen MR) is 164 cm³/mol. The van der Waals surface area contributed by atoms with E-state index < -0.39 is 5.60 Å². The SMILES string of the molecule is OC1(CN2CCN(CCCN3CCOCC3)CC2)CCN(Cc2cc(Br)ccc2OCc2ccc(Cl)cc2)CC1. The summed E-state index contributed by atoms with van der Waals surface area (Å²) in [5.41, 5.74) is 1.66. The lowest BCUT2D eigenvalue weighted by Crippen LogP contribution is -2.55. The number of rotatable bonds is 11. The molecule has 2 aromatic rings. The molecule has 7 nitrogen and oxygen atoms in total. The summed E-state index contributed by atoms with van der Waals surface area (Å²) in [5.74, 6) is 0.904. The van der Waals surface area contributed by atoms with E-state index in [1.54, 1.807) is 0 Å². The van der Waals surface area contributed by atoms with E-state index in [2.05, 4.69) is 41.6 Å². The summed E-state index contributed by atoms with van der Waals surface area (Å²) in [6.07, 6.45) is 2.84. The highest BCUT2D eigenvalue weighted by Crippen LogP contribution is 2.29. The number of benzene rings is 2. The molecular weight excluding hydrogens is 592 g/mol. The molecule has 0 unspecified atom stereocenters. The molecule has 3 aliphatic rings. The highest BCUT2D eigenvalue weighted by atomic mass is 79.9. The minimum atomic E-state index is -0.597. The lowest BCUT2D eigenvalue weighted by molar-refractivity contribution is -0.0539. The van der Waals surface area contributed by atoms with Crippen LogP contribution in [-0.2, 0) is 17.9 Å². The molecule has 0 amide bonds. The number of aliphatic hydroxyl groups is 1. The van der Waals surface area contributed by atoms with E-state index in [-0.39, 0.29) is 0 Å². The number of morpholine rings is 1. The van der Waals surface area contributed by atoms with Gasteiger partial charge in [-0.3, -0.25) is 14.7 Å². The fraction of sp³-hybridized carbons (Fsp3) is 0.613. The van der Waals surface area contributed by atoms with Crippen LogP contribution >= 0.6 is 27.5 Å². The van der Waals surface area contributed by atoms with Gasteiger partial charge < -0.3 is 19.5 Å². The molecule has 3 heterocycles. The van der Waals surface area contributed by atoms with Crippen molar-refractivity contribution >= 4 is 27.5 Å². The third-order valence-electron chi connectivity index (χ3n) is 8.55. The Morgan fingerprint density at radius 1 is 0.825 bits per heavy atom. The number of hydrogen-bond acceptors (Lipinski definition) is 7. The molecule has 0 spiro atoms. The standard InChI is InChI=1S/C31H44BrClN4O3/c32-28-4-7-30(40-24-26-2-5-29(33)6-3-26)27(22-28)23-36-12-8-31(38,9-13-36)25-37-16-14-34(15-17-37)10-1-11-35-18-20-39-21-19-35/h2-7,22,38H,1,8-21,23-25H2. The van der Waals surface area contributed by atoms with Crippen molar-refractivity contribution in [3.63, 3.8) is 0 Å². The molecule has 2 aromatic carbocycles. The van der Waals surface area contributed by atoms with E-state index in [1.807, 2.05) is 36.4 Å². The topological polar surface area (TPSA) is 51.7 Å². The van der Waals surface area contributed by atoms with Crippen LogP contribution in [0.15, 0.2) is 46.9 Å². The minimum absolute atomic E-state index is 0.507. The molecule has 0 saturated carbocycles. The molecule has 0 bridgehead atoms. The number of β-amino-alcohol motifs (C(OH)–C–C–N with tert-alkyl or cyclic N) is 1. The first-order chi connectivity index (χ1) is 19.4. The molecule has 0 atom stereocenters. The van der Waals surface area contributed by atoms with Crippen LogP contribution in [0.4, 0.5) is 0 Å². The fourth-order valence-electron chi connectivity index (χ4n) is 6.01. The van der Waals surface area contributed by atoms with Gasteiger partial charge in [0.15, 0.2) is 0 Å². The second-order valence-corrected chi connectivity index (χ2v) is 12.9. The first-order valence-electron chi connectivity index (χ1n) is 14.8. The Hall–Kier alpha value is -1.23. The number of piperazine rings is 1. The van der Waals surface area contributed by atoms with Crippen molar-refractivity contribution in [2.45, 2.75) is 38.0 Å². The smallest absolute Gasteiger partial charge is 0.124 e. The van der Waals surface area contributed by atoms with Crippen molar-refractivity contribution in [2.75, 3.05) is 85.2 Å². The summed E-state index contributed by atoms with van der Waals surface area (Å²) in [4.78, 5) is 10.0. The maximum atomic E-state index is 11.4. The highest BCUT2D eigenvalue weighted by molar-refractivity contribution is 9.10. The van der Waals surface area contributed by atoms with Crippen molar-refractivity contribution in [3.8, 4) is 5.75 Å². The summed E-state index contributed by atoms with van der Waals surface area (Å²) in [5, 5.41) is 12.2. The van der Waals surface area contributed by atoms with Crippen molar-refractivity contribution in [3.05, 3.63) is 63.1 Å². The van der Waals surface area contributed by atoms with Crippen molar-refractivity contribution in [2.24, 2.45) is 0 Å². The number of likely N-dealkylation sites (tertiary alicyclic amines) is 1. The average Bonchev–Trinajstić information content (AvgIpc) is 2.96. The molecule has 3 fully saturated rings. The van der Waals surface area contributed by atoms with Crippen LogP contribution in [0, 0.1) is 0 Å². The summed E-state index contributed by atoms with van der Waals surface area (Å²) in [6, 6.07) is 14.0. The van der Waals surface area contributed by atoms with Crippen LogP contribution < -0.4 is 4.74 Å². The van der Waals surface area contributed by atoms with Gasteiger partial charge in [-0.15, -0.1) is 0 Å². The predicted octanol–water partition coefficient (Wildman–Crippen LogP) is 4.35. The summed E-state index contributed by atoms with van der Waals surface area (Å²) < 4.78 is 12.7. The second-order valence-electron chi connectivity index (χ2n) is 11.6. The normalized spacial score (nSPS) is 21.5. The lowest BCUT2D eigenvalue weighted by Gasteiger charge is -2.43. The molecule has 9 heteroatoms. The van der Waals surface area contributed by atoms with E-state index >= 15 is 0 Å². The average molecular weight is 636 g/mol. The Bertz CT molecular complexity index is 1050. The summed E-state index contributed by atoms with van der Waals surface area (Å²) >= 11 is 9.65. The van der Waals surface area contributed by atoms with Crippen LogP contribution in [0.1, 0.15) is 30.4 Å². The first kappa shape index (κ1) is 30.2. The largest absolute Gasteiger partial charge is 0.489 e. The van der Waals surface area contributed by atoms with E-state index in [4.69, 9.17) is 21.1 Å². The Morgan fingerprint density at radius 3 is 2.17 bits per heavy atom. The third kappa shape index (κ3) is 9.13. The fourth-order valence-corrected chi connectivity index (χ4v) is 6.54. The minimum Gasteiger partial charge on any atom is -0.489 e. The van der Waals surface area contributed by atoms with Gasteiger partial charge in [0, 0.05) is 80.5 Å². The summed E-state index contributed by atoms with van der Waals surface area (Å²) in [7, 11) is 0. The Balaban J connectivity index is 1.03. The van der Waals surface area contributed by atoms with Gasteiger partial charge in [0.2, 0.25) is 0 Å². The Kier molecular flexibility index (Phi) is 11.2. The summed E-state index contributed by atoms with van der Waals surface area (Å²) in [6.45, 7) is 14.5. The van der Waals surface area contributed by atoms with Crippen LogP contribution in [0.5, 0.6) is 5.75 Å². The second kappa shape index (κ2) is 14.8. The molecule has 40 heavy (non-hydrogen) atoms. The van der Waals surface area contributed by atoms with Gasteiger partial charge in [-0.05, 0) is 68.2 Å². The zero-order valence-corrected chi connectivity index (χ0v) is 25.9. The van der Waals surface area contributed by atoms with Crippen LogP contribution in [0.2, 0.25) is 5.02 Å². The van der Waals surface area contributed by atoms with E-state index in [1.165, 1.54) is 25.1 Å². The quantitative estimate of drug-likeness (QED) is 0.394. The number of piperidine rings is 1. The molecule has 3 saturated heterocycles. The van der Waals surface area contributed by atoms with Gasteiger partial charge in [0.25, 0.3) is 0 Å². The number of ether oxygens (including phenoxy) is 2. The monoisotopic (exact) mass is 634 g/mol. The van der Waals surface area contributed by atoms with Crippen LogP contribution in [0.3, 0.4) is 0 Å². The lowest BCUT2D eigenvalue weighted by atomic mass is 9.90. The van der Waals surface area contributed by atoms with Crippen LogP contribution in [-0.4, -0.2) is 116 Å². The molecule has 5 rings (SSSR count). The first-order valence-corrected chi connectivity index (χ1v) is 16.0. The molecule has 0 aromatic heterocycles. The third-order valence-corrected chi connectivity index (χ3v) is 9.29. The molecule has 1 N–H and O–H groups in total. The molecule has 220 valence electrons. The Labute approximate surface area is 253 Å². The van der Waals surface area contributed by atoms with Gasteiger partial charge >= 0.3 is 0 Å². The number of nitrogens with zero attached hydrogens (tertiary/aromatic N) is 4. The van der Waals surface area contributed by atoms with E-state index in [0.29, 0.717) is 6.61 Å². The zero-order valence-electron chi connectivity index (χ0n) is 23.6. The molecule has 0 aliphatic carbocycles. The van der Waals surface area contributed by atoms with Crippen molar-refractivity contribution < 1.29 is 14.6 Å². The van der Waals surface area contributed by atoms with Crippen LogP contribution in [0.25, 0.3) is 0 Å². The molecule has 0 radical (unpaired) electrons. The number of halogens is 2. The van der Waals surface area contributed by atoms with Crippen molar-refractivity contribution in [1.29, 1.82) is 0 Å². The van der Waals surface area contributed by atoms with E-state index in [9.17, 15) is 5.11 Å². The maximum absolute atomic E-state index is 11.4. The molecule has 3 aliphatic heterocycles. The van der Waals surface area contributed by atoms with Gasteiger partial charge in [0.1, 0.15) is 12.4 Å². The molecular formula is C31H44BrClN4O3. The maximum Gasteiger partial charge on any atom is 0.124 e. The van der Waals surface area contributed by atoms with Gasteiger partial charge in [-0.25, -0.2) is 0 Å². The van der Waals surface area contributed by atoms with Gasteiger partial charge in [-0.1, -0.05) is 39.7 Å². The van der Waals surface area contributed by atoms with Gasteiger partial charge in [-0.2, -0.15) is 0 Å². The Morgan fingerprint density at radius 2 is 1.48 bits per heavy atom. The van der Waals surface area contributed by atoms with Crippen molar-refractivity contribution in [1.82, 2.24) is 19.6 Å². The van der Waals surface area contributed by atoms with E-state index in [0.717, 1.165) is 112 Å². The number of hydrogen-bond donors (Lipinski definition) is 1. The highest BCUT2D eigenvalue weighted by Gasteiger charge is 2.35. The van der Waals surface area contributed by atoms with Gasteiger partial charge in [0.05, 0.1) is 18.8 Å². The zero-order chi connectivity index (χ0) is 27.8.